The van der Waals surface area contributed by atoms with Crippen molar-refractivity contribution >= 4 is 28.6 Å². The second-order valence-corrected chi connectivity index (χ2v) is 5.08. The Kier molecular flexibility index (Phi) is 5.71. The molecule has 0 aliphatic rings. The standard InChI is InChI=1S/C13H17IO4/c1-8(18-9(2)15)5-10-6-12(16-3)13(17-4)7-11(10)14/h6-8H,5H2,1-4H3/t8-/m0/s1. The Balaban J connectivity index is 2.92. The molecule has 0 radical (unpaired) electrons. The highest BCUT2D eigenvalue weighted by atomic mass is 127. The molecule has 1 rings (SSSR count). The summed E-state index contributed by atoms with van der Waals surface area (Å²) in [7, 11) is 3.21. The monoisotopic (exact) mass is 364 g/mol. The normalized spacial score (nSPS) is 11.8. The van der Waals surface area contributed by atoms with Crippen molar-refractivity contribution < 1.29 is 19.0 Å². The maximum Gasteiger partial charge on any atom is 0.302 e. The van der Waals surface area contributed by atoms with Gasteiger partial charge in [0.2, 0.25) is 0 Å². The highest BCUT2D eigenvalue weighted by Crippen LogP contribution is 2.32. The van der Waals surface area contributed by atoms with Gasteiger partial charge in [0.05, 0.1) is 14.2 Å². The average Bonchev–Trinajstić information content (AvgIpc) is 2.30. The van der Waals surface area contributed by atoms with Gasteiger partial charge in [-0.1, -0.05) is 0 Å². The Labute approximate surface area is 121 Å². The van der Waals surface area contributed by atoms with Gasteiger partial charge in [-0.3, -0.25) is 4.79 Å². The number of carbonyl (C=O) groups excluding carboxylic acids is 1. The molecule has 0 saturated carbocycles. The quantitative estimate of drug-likeness (QED) is 0.596. The van der Waals surface area contributed by atoms with Crippen LogP contribution in [0, 0.1) is 3.57 Å². The van der Waals surface area contributed by atoms with Crippen LogP contribution in [0.2, 0.25) is 0 Å². The predicted molar refractivity (Wildman–Crippen MR) is 77.2 cm³/mol. The van der Waals surface area contributed by atoms with E-state index in [9.17, 15) is 4.79 Å². The number of benzene rings is 1. The van der Waals surface area contributed by atoms with E-state index >= 15 is 0 Å². The first-order valence-corrected chi connectivity index (χ1v) is 6.63. The molecule has 0 aromatic heterocycles. The zero-order chi connectivity index (χ0) is 13.7. The summed E-state index contributed by atoms with van der Waals surface area (Å²) < 4.78 is 16.7. The fourth-order valence-corrected chi connectivity index (χ4v) is 2.35. The molecule has 100 valence electrons. The van der Waals surface area contributed by atoms with Crippen LogP contribution in [0.3, 0.4) is 0 Å². The lowest BCUT2D eigenvalue weighted by molar-refractivity contribution is -0.145. The first kappa shape index (κ1) is 15.1. The fraction of sp³-hybridized carbons (Fsp3) is 0.462. The number of methoxy groups -OCH3 is 2. The summed E-state index contributed by atoms with van der Waals surface area (Å²) in [6.45, 7) is 3.28. The van der Waals surface area contributed by atoms with E-state index in [2.05, 4.69) is 22.6 Å². The molecule has 0 amide bonds. The molecular formula is C13H17IO4. The van der Waals surface area contributed by atoms with E-state index in [1.54, 1.807) is 14.2 Å². The molecule has 0 spiro atoms. The molecule has 1 atom stereocenters. The minimum atomic E-state index is -0.266. The van der Waals surface area contributed by atoms with E-state index in [4.69, 9.17) is 14.2 Å². The molecule has 1 aromatic carbocycles. The van der Waals surface area contributed by atoms with Crippen LogP contribution >= 0.6 is 22.6 Å². The smallest absolute Gasteiger partial charge is 0.302 e. The number of esters is 1. The van der Waals surface area contributed by atoms with Crippen molar-refractivity contribution in [1.29, 1.82) is 0 Å². The van der Waals surface area contributed by atoms with Crippen LogP contribution in [0.1, 0.15) is 19.4 Å². The van der Waals surface area contributed by atoms with Crippen LogP contribution in [0.15, 0.2) is 12.1 Å². The van der Waals surface area contributed by atoms with Gasteiger partial charge in [0, 0.05) is 16.9 Å². The SMILES string of the molecule is COc1cc(I)c(C[C@H](C)OC(C)=O)cc1OC. The Bertz CT molecular complexity index is 431. The number of hydrogen-bond acceptors (Lipinski definition) is 4. The van der Waals surface area contributed by atoms with Crippen molar-refractivity contribution in [3.05, 3.63) is 21.3 Å². The molecule has 0 fully saturated rings. The highest BCUT2D eigenvalue weighted by Gasteiger charge is 2.13. The van der Waals surface area contributed by atoms with Crippen molar-refractivity contribution in [2.45, 2.75) is 26.4 Å². The lowest BCUT2D eigenvalue weighted by Crippen LogP contribution is -2.15. The van der Waals surface area contributed by atoms with Gasteiger partial charge in [-0.15, -0.1) is 0 Å². The zero-order valence-electron chi connectivity index (χ0n) is 11.0. The van der Waals surface area contributed by atoms with E-state index < -0.39 is 0 Å². The van der Waals surface area contributed by atoms with Crippen molar-refractivity contribution in [2.75, 3.05) is 14.2 Å². The van der Waals surface area contributed by atoms with Gasteiger partial charge in [0.1, 0.15) is 6.10 Å². The van der Waals surface area contributed by atoms with Crippen LogP contribution in [-0.4, -0.2) is 26.3 Å². The van der Waals surface area contributed by atoms with Crippen LogP contribution in [-0.2, 0) is 16.0 Å². The fourth-order valence-electron chi connectivity index (χ4n) is 1.69. The molecule has 0 aliphatic carbocycles. The molecule has 0 aliphatic heterocycles. The number of ether oxygens (including phenoxy) is 3. The average molecular weight is 364 g/mol. The summed E-state index contributed by atoms with van der Waals surface area (Å²) in [5, 5.41) is 0. The van der Waals surface area contributed by atoms with E-state index in [-0.39, 0.29) is 12.1 Å². The lowest BCUT2D eigenvalue weighted by atomic mass is 10.1. The Morgan fingerprint density at radius 2 is 1.83 bits per heavy atom. The molecule has 18 heavy (non-hydrogen) atoms. The number of rotatable bonds is 5. The molecule has 4 nitrogen and oxygen atoms in total. The largest absolute Gasteiger partial charge is 0.493 e. The van der Waals surface area contributed by atoms with Crippen molar-refractivity contribution in [3.8, 4) is 11.5 Å². The topological polar surface area (TPSA) is 44.8 Å². The maximum atomic E-state index is 10.9. The van der Waals surface area contributed by atoms with Gasteiger partial charge < -0.3 is 14.2 Å². The molecule has 5 heteroatoms. The van der Waals surface area contributed by atoms with Crippen LogP contribution in [0.25, 0.3) is 0 Å². The van der Waals surface area contributed by atoms with Gasteiger partial charge in [0.25, 0.3) is 0 Å². The second kappa shape index (κ2) is 6.82. The summed E-state index contributed by atoms with van der Waals surface area (Å²) >= 11 is 2.23. The van der Waals surface area contributed by atoms with Gasteiger partial charge in [0.15, 0.2) is 11.5 Å². The van der Waals surface area contributed by atoms with E-state index in [0.29, 0.717) is 17.9 Å². The third kappa shape index (κ3) is 4.04. The van der Waals surface area contributed by atoms with E-state index in [1.807, 2.05) is 19.1 Å². The number of carbonyl (C=O) groups is 1. The molecular weight excluding hydrogens is 347 g/mol. The maximum absolute atomic E-state index is 10.9. The Morgan fingerprint density at radius 3 is 2.33 bits per heavy atom. The summed E-state index contributed by atoms with van der Waals surface area (Å²) in [6.07, 6.45) is 0.493. The molecule has 0 saturated heterocycles. The first-order valence-electron chi connectivity index (χ1n) is 5.55. The minimum Gasteiger partial charge on any atom is -0.493 e. The number of hydrogen-bond donors (Lipinski definition) is 0. The van der Waals surface area contributed by atoms with Crippen LogP contribution in [0.4, 0.5) is 0 Å². The molecule has 0 bridgehead atoms. The predicted octanol–water partition coefficient (Wildman–Crippen LogP) is 2.80. The highest BCUT2D eigenvalue weighted by molar-refractivity contribution is 14.1. The van der Waals surface area contributed by atoms with Crippen LogP contribution in [0.5, 0.6) is 11.5 Å². The summed E-state index contributed by atoms with van der Waals surface area (Å²) in [6, 6.07) is 3.83. The van der Waals surface area contributed by atoms with Crippen LogP contribution < -0.4 is 9.47 Å². The lowest BCUT2D eigenvalue weighted by Gasteiger charge is -2.15. The molecule has 0 heterocycles. The summed E-state index contributed by atoms with van der Waals surface area (Å²) in [5.41, 5.74) is 1.07. The second-order valence-electron chi connectivity index (χ2n) is 3.92. The van der Waals surface area contributed by atoms with Crippen molar-refractivity contribution in [2.24, 2.45) is 0 Å². The molecule has 1 aromatic rings. The van der Waals surface area contributed by atoms with Crippen molar-refractivity contribution in [3.63, 3.8) is 0 Å². The Morgan fingerprint density at radius 1 is 1.28 bits per heavy atom. The van der Waals surface area contributed by atoms with E-state index in [0.717, 1.165) is 9.13 Å². The molecule has 0 unspecified atom stereocenters. The third-order valence-electron chi connectivity index (χ3n) is 2.43. The third-order valence-corrected chi connectivity index (χ3v) is 3.43. The molecule has 0 N–H and O–H groups in total. The summed E-state index contributed by atoms with van der Waals surface area (Å²) in [4.78, 5) is 10.9. The van der Waals surface area contributed by atoms with Gasteiger partial charge in [-0.2, -0.15) is 0 Å². The zero-order valence-corrected chi connectivity index (χ0v) is 13.1. The van der Waals surface area contributed by atoms with Crippen molar-refractivity contribution in [1.82, 2.24) is 0 Å². The number of halogens is 1. The Hall–Kier alpha value is -0.980. The minimum absolute atomic E-state index is 0.158. The summed E-state index contributed by atoms with van der Waals surface area (Å²) in [5.74, 6) is 1.12. The first-order chi connectivity index (χ1) is 8.47. The van der Waals surface area contributed by atoms with Gasteiger partial charge in [-0.25, -0.2) is 0 Å². The van der Waals surface area contributed by atoms with Gasteiger partial charge in [-0.05, 0) is 47.2 Å². The van der Waals surface area contributed by atoms with Gasteiger partial charge >= 0.3 is 5.97 Å². The van der Waals surface area contributed by atoms with E-state index in [1.165, 1.54) is 6.92 Å².